The van der Waals surface area contributed by atoms with Crippen molar-refractivity contribution in [1.29, 1.82) is 5.26 Å². The molecule has 1 heterocycles. The molecular formula is C15H12IN3. The van der Waals surface area contributed by atoms with Gasteiger partial charge in [0.1, 0.15) is 6.07 Å². The van der Waals surface area contributed by atoms with Crippen molar-refractivity contribution in [2.75, 3.05) is 0 Å². The first-order valence-corrected chi connectivity index (χ1v) is 6.78. The van der Waals surface area contributed by atoms with Gasteiger partial charge < -0.3 is 5.73 Å². The molecule has 2 aromatic rings. The molecule has 0 spiro atoms. The van der Waals surface area contributed by atoms with Crippen molar-refractivity contribution in [2.45, 2.75) is 6.92 Å². The molecule has 2 rings (SSSR count). The zero-order chi connectivity index (χ0) is 13.8. The summed E-state index contributed by atoms with van der Waals surface area (Å²) < 4.78 is 1.06. The number of hydrogen-bond acceptors (Lipinski definition) is 3. The number of rotatable bonds is 2. The van der Waals surface area contributed by atoms with Gasteiger partial charge in [-0.3, -0.25) is 4.98 Å². The van der Waals surface area contributed by atoms with E-state index in [4.69, 9.17) is 5.73 Å². The summed E-state index contributed by atoms with van der Waals surface area (Å²) in [6.07, 6.45) is 3.32. The molecule has 0 aliphatic heterocycles. The Hall–Kier alpha value is -1.87. The molecule has 0 atom stereocenters. The standard InChI is InChI=1S/C15H12IN3/c1-10-4-2-6-12(14(10)16)15(18)13(8-17)11-5-3-7-19-9-11/h2-7,9H,18H2,1H3/b15-13+. The number of aromatic nitrogens is 1. The first kappa shape index (κ1) is 13.6. The van der Waals surface area contributed by atoms with Crippen LogP contribution in [0.4, 0.5) is 0 Å². The van der Waals surface area contributed by atoms with Gasteiger partial charge >= 0.3 is 0 Å². The highest BCUT2D eigenvalue weighted by molar-refractivity contribution is 14.1. The van der Waals surface area contributed by atoms with Gasteiger partial charge in [0.05, 0.1) is 11.3 Å². The molecule has 4 heteroatoms. The normalized spacial score (nSPS) is 11.6. The van der Waals surface area contributed by atoms with Crippen LogP contribution in [0.2, 0.25) is 0 Å². The molecule has 1 aromatic heterocycles. The minimum absolute atomic E-state index is 0.455. The van der Waals surface area contributed by atoms with Gasteiger partial charge in [-0.05, 0) is 41.1 Å². The van der Waals surface area contributed by atoms with Crippen molar-refractivity contribution in [3.05, 3.63) is 63.0 Å². The Morgan fingerprint density at radius 1 is 1.32 bits per heavy atom. The number of nitriles is 1. The van der Waals surface area contributed by atoms with Crippen LogP contribution >= 0.6 is 22.6 Å². The van der Waals surface area contributed by atoms with E-state index in [1.165, 1.54) is 0 Å². The Bertz CT molecular complexity index is 670. The van der Waals surface area contributed by atoms with Crippen LogP contribution in [0.25, 0.3) is 11.3 Å². The second-order valence-corrected chi connectivity index (χ2v) is 5.16. The van der Waals surface area contributed by atoms with Gasteiger partial charge in [0, 0.05) is 27.1 Å². The molecule has 3 nitrogen and oxygen atoms in total. The number of nitrogens with two attached hydrogens (primary N) is 1. The number of benzene rings is 1. The Labute approximate surface area is 125 Å². The molecule has 0 radical (unpaired) electrons. The van der Waals surface area contributed by atoms with E-state index in [-0.39, 0.29) is 0 Å². The summed E-state index contributed by atoms with van der Waals surface area (Å²) in [5.41, 5.74) is 9.89. The van der Waals surface area contributed by atoms with Gasteiger partial charge in [0.25, 0.3) is 0 Å². The van der Waals surface area contributed by atoms with Crippen LogP contribution in [0.1, 0.15) is 16.7 Å². The van der Waals surface area contributed by atoms with Crippen LogP contribution in [0.5, 0.6) is 0 Å². The minimum atomic E-state index is 0.455. The van der Waals surface area contributed by atoms with Gasteiger partial charge in [-0.1, -0.05) is 24.3 Å². The molecule has 0 amide bonds. The van der Waals surface area contributed by atoms with E-state index in [1.807, 2.05) is 31.2 Å². The molecule has 0 fully saturated rings. The lowest BCUT2D eigenvalue weighted by Crippen LogP contribution is -2.03. The zero-order valence-corrected chi connectivity index (χ0v) is 12.5. The summed E-state index contributed by atoms with van der Waals surface area (Å²) in [4.78, 5) is 4.03. The quantitative estimate of drug-likeness (QED) is 0.659. The fourth-order valence-electron chi connectivity index (χ4n) is 1.78. The smallest absolute Gasteiger partial charge is 0.102 e. The number of pyridine rings is 1. The maximum atomic E-state index is 9.35. The molecule has 1 aromatic carbocycles. The predicted molar refractivity (Wildman–Crippen MR) is 84.7 cm³/mol. The van der Waals surface area contributed by atoms with E-state index < -0.39 is 0 Å². The lowest BCUT2D eigenvalue weighted by Gasteiger charge is -2.10. The van der Waals surface area contributed by atoms with Crippen molar-refractivity contribution in [3.63, 3.8) is 0 Å². The second-order valence-electron chi connectivity index (χ2n) is 4.08. The second kappa shape index (κ2) is 5.85. The van der Waals surface area contributed by atoms with Crippen LogP contribution in [0.15, 0.2) is 42.7 Å². The Balaban J connectivity index is 2.63. The molecule has 0 unspecified atom stereocenters. The highest BCUT2D eigenvalue weighted by atomic mass is 127. The largest absolute Gasteiger partial charge is 0.397 e. The molecule has 0 bridgehead atoms. The minimum Gasteiger partial charge on any atom is -0.397 e. The number of allylic oxidation sites excluding steroid dienone is 1. The Morgan fingerprint density at radius 3 is 2.74 bits per heavy atom. The first-order valence-electron chi connectivity index (χ1n) is 5.71. The van der Waals surface area contributed by atoms with E-state index in [0.29, 0.717) is 11.3 Å². The Kier molecular flexibility index (Phi) is 4.17. The van der Waals surface area contributed by atoms with Crippen LogP contribution in [0, 0.1) is 21.8 Å². The number of hydrogen-bond donors (Lipinski definition) is 1. The monoisotopic (exact) mass is 361 g/mol. The summed E-state index contributed by atoms with van der Waals surface area (Å²) in [6.45, 7) is 2.02. The van der Waals surface area contributed by atoms with Crippen molar-refractivity contribution in [3.8, 4) is 6.07 Å². The summed E-state index contributed by atoms with van der Waals surface area (Å²) in [5, 5.41) is 9.35. The molecule has 0 saturated heterocycles. The molecule has 0 aliphatic rings. The highest BCUT2D eigenvalue weighted by Gasteiger charge is 2.12. The van der Waals surface area contributed by atoms with Crippen molar-refractivity contribution in [2.24, 2.45) is 5.73 Å². The zero-order valence-electron chi connectivity index (χ0n) is 10.4. The highest BCUT2D eigenvalue weighted by Crippen LogP contribution is 2.26. The van der Waals surface area contributed by atoms with E-state index >= 15 is 0 Å². The number of nitrogens with zero attached hydrogens (tertiary/aromatic N) is 2. The fraction of sp³-hybridized carbons (Fsp3) is 0.0667. The summed E-state index contributed by atoms with van der Waals surface area (Å²) >= 11 is 2.25. The predicted octanol–water partition coefficient (Wildman–Crippen LogP) is 3.35. The average Bonchev–Trinajstić information content (AvgIpc) is 2.44. The van der Waals surface area contributed by atoms with Crippen molar-refractivity contribution < 1.29 is 0 Å². The van der Waals surface area contributed by atoms with E-state index in [1.54, 1.807) is 18.5 Å². The van der Waals surface area contributed by atoms with Crippen LogP contribution < -0.4 is 5.73 Å². The molecule has 0 aliphatic carbocycles. The van der Waals surface area contributed by atoms with Gasteiger partial charge in [-0.15, -0.1) is 0 Å². The van der Waals surface area contributed by atoms with Gasteiger partial charge in [0.2, 0.25) is 0 Å². The van der Waals surface area contributed by atoms with Gasteiger partial charge in [0.15, 0.2) is 0 Å². The van der Waals surface area contributed by atoms with Gasteiger partial charge in [-0.2, -0.15) is 5.26 Å². The first-order chi connectivity index (χ1) is 9.15. The van der Waals surface area contributed by atoms with Crippen molar-refractivity contribution >= 4 is 33.9 Å². The van der Waals surface area contributed by atoms with E-state index in [9.17, 15) is 5.26 Å². The molecule has 2 N–H and O–H groups in total. The topological polar surface area (TPSA) is 62.7 Å². The maximum Gasteiger partial charge on any atom is 0.102 e. The van der Waals surface area contributed by atoms with Crippen LogP contribution in [0.3, 0.4) is 0 Å². The summed E-state index contributed by atoms with van der Waals surface area (Å²) in [7, 11) is 0. The third-order valence-corrected chi connectivity index (χ3v) is 4.25. The molecular weight excluding hydrogens is 349 g/mol. The molecule has 0 saturated carbocycles. The van der Waals surface area contributed by atoms with Crippen LogP contribution in [-0.4, -0.2) is 4.98 Å². The summed E-state index contributed by atoms with van der Waals surface area (Å²) in [6, 6.07) is 11.7. The van der Waals surface area contributed by atoms with Gasteiger partial charge in [-0.25, -0.2) is 0 Å². The lowest BCUT2D eigenvalue weighted by molar-refractivity contribution is 1.31. The average molecular weight is 361 g/mol. The third kappa shape index (κ3) is 2.76. The Morgan fingerprint density at radius 2 is 2.11 bits per heavy atom. The van der Waals surface area contributed by atoms with E-state index in [2.05, 4.69) is 33.6 Å². The lowest BCUT2D eigenvalue weighted by atomic mass is 10.0. The SMILES string of the molecule is Cc1cccc(/C(N)=C(/C#N)c2cccnc2)c1I. The van der Waals surface area contributed by atoms with Crippen molar-refractivity contribution in [1.82, 2.24) is 4.98 Å². The number of halogens is 1. The molecule has 19 heavy (non-hydrogen) atoms. The van der Waals surface area contributed by atoms with Crippen LogP contribution in [-0.2, 0) is 0 Å². The fourth-order valence-corrected chi connectivity index (χ4v) is 2.43. The number of aryl methyl sites for hydroxylation is 1. The maximum absolute atomic E-state index is 9.35. The van der Waals surface area contributed by atoms with E-state index in [0.717, 1.165) is 20.3 Å². The third-order valence-electron chi connectivity index (χ3n) is 2.81. The summed E-state index contributed by atoms with van der Waals surface area (Å²) in [5.74, 6) is 0. The molecule has 94 valence electrons.